The second-order valence-electron chi connectivity index (χ2n) is 15.5. The summed E-state index contributed by atoms with van der Waals surface area (Å²) in [5, 5.41) is 9.60. The van der Waals surface area contributed by atoms with E-state index in [0.717, 1.165) is 64.2 Å². The molecule has 0 saturated heterocycles. The van der Waals surface area contributed by atoms with Crippen molar-refractivity contribution in [1.29, 1.82) is 0 Å². The fourth-order valence-electron chi connectivity index (χ4n) is 6.66. The zero-order valence-electron chi connectivity index (χ0n) is 35.7. The van der Waals surface area contributed by atoms with E-state index >= 15 is 0 Å². The van der Waals surface area contributed by atoms with Crippen molar-refractivity contribution in [3.63, 3.8) is 0 Å². The van der Waals surface area contributed by atoms with Gasteiger partial charge in [0.15, 0.2) is 6.10 Å². The van der Waals surface area contributed by atoms with Crippen LogP contribution < -0.4 is 0 Å². The maximum atomic E-state index is 12.2. The minimum Gasteiger partial charge on any atom is -0.462 e. The van der Waals surface area contributed by atoms with Crippen LogP contribution in [-0.4, -0.2) is 36.4 Å². The van der Waals surface area contributed by atoms with Gasteiger partial charge >= 0.3 is 11.9 Å². The third-order valence-corrected chi connectivity index (χ3v) is 10.1. The molecule has 0 saturated carbocycles. The SMILES string of the molecule is CC/C=C\C/C=C\C/C=C\C/C=C\CCCCCCCCCCCCCCC(=O)OC(CO)COC(=O)CCCCCCCCCCCCCCCCC. The first-order valence-electron chi connectivity index (χ1n) is 23.2. The van der Waals surface area contributed by atoms with Gasteiger partial charge in [-0.1, -0.05) is 217 Å². The monoisotopic (exact) mass is 757 g/mol. The van der Waals surface area contributed by atoms with Gasteiger partial charge in [-0.25, -0.2) is 0 Å². The molecule has 314 valence electrons. The number of carbonyl (C=O) groups is 2. The van der Waals surface area contributed by atoms with Gasteiger partial charge in [-0.05, 0) is 51.4 Å². The molecule has 1 unspecified atom stereocenters. The molecule has 5 heteroatoms. The minimum atomic E-state index is -0.770. The molecule has 0 fully saturated rings. The first kappa shape index (κ1) is 51.9. The lowest BCUT2D eigenvalue weighted by molar-refractivity contribution is -0.161. The van der Waals surface area contributed by atoms with E-state index in [1.54, 1.807) is 0 Å². The van der Waals surface area contributed by atoms with Gasteiger partial charge in [0.05, 0.1) is 6.61 Å². The van der Waals surface area contributed by atoms with Gasteiger partial charge in [-0.2, -0.15) is 0 Å². The summed E-state index contributed by atoms with van der Waals surface area (Å²) in [6.45, 7) is 4.04. The van der Waals surface area contributed by atoms with E-state index in [4.69, 9.17) is 9.47 Å². The number of unbranched alkanes of at least 4 members (excludes halogenated alkanes) is 26. The van der Waals surface area contributed by atoms with Crippen LogP contribution in [0.3, 0.4) is 0 Å². The van der Waals surface area contributed by atoms with Gasteiger partial charge < -0.3 is 14.6 Å². The second kappa shape index (κ2) is 45.3. The van der Waals surface area contributed by atoms with Gasteiger partial charge in [0.2, 0.25) is 0 Å². The Morgan fingerprint density at radius 3 is 1.20 bits per heavy atom. The van der Waals surface area contributed by atoms with Gasteiger partial charge in [0.25, 0.3) is 0 Å². The number of hydrogen-bond donors (Lipinski definition) is 1. The Labute approximate surface area is 335 Å². The Kier molecular flexibility index (Phi) is 43.5. The fourth-order valence-corrected chi connectivity index (χ4v) is 6.66. The highest BCUT2D eigenvalue weighted by Crippen LogP contribution is 2.15. The third-order valence-electron chi connectivity index (χ3n) is 10.1. The van der Waals surface area contributed by atoms with E-state index in [2.05, 4.69) is 62.5 Å². The lowest BCUT2D eigenvalue weighted by Crippen LogP contribution is -2.28. The molecule has 0 rings (SSSR count). The van der Waals surface area contributed by atoms with Crippen LogP contribution in [0.25, 0.3) is 0 Å². The Hall–Kier alpha value is -2.14. The van der Waals surface area contributed by atoms with E-state index in [9.17, 15) is 14.7 Å². The highest BCUT2D eigenvalue weighted by Gasteiger charge is 2.16. The largest absolute Gasteiger partial charge is 0.462 e. The van der Waals surface area contributed by atoms with Gasteiger partial charge in [0, 0.05) is 12.8 Å². The maximum absolute atomic E-state index is 12.2. The first-order chi connectivity index (χ1) is 26.6. The van der Waals surface area contributed by atoms with E-state index in [0.29, 0.717) is 12.8 Å². The average molecular weight is 757 g/mol. The molecule has 5 nitrogen and oxygen atoms in total. The Balaban J connectivity index is 3.50. The lowest BCUT2D eigenvalue weighted by Gasteiger charge is -2.15. The predicted molar refractivity (Wildman–Crippen MR) is 233 cm³/mol. The number of carbonyl (C=O) groups excluding carboxylic acids is 2. The van der Waals surface area contributed by atoms with Crippen molar-refractivity contribution in [2.45, 2.75) is 238 Å². The summed E-state index contributed by atoms with van der Waals surface area (Å²) in [6.07, 6.45) is 57.6. The summed E-state index contributed by atoms with van der Waals surface area (Å²) < 4.78 is 10.7. The lowest BCUT2D eigenvalue weighted by atomic mass is 10.0. The van der Waals surface area contributed by atoms with Gasteiger partial charge in [0.1, 0.15) is 6.61 Å². The van der Waals surface area contributed by atoms with Crippen LogP contribution in [0.4, 0.5) is 0 Å². The molecule has 0 heterocycles. The molecule has 0 amide bonds. The molecular weight excluding hydrogens is 669 g/mol. The van der Waals surface area contributed by atoms with Crippen LogP contribution in [0.15, 0.2) is 48.6 Å². The Bertz CT molecular complexity index is 904. The van der Waals surface area contributed by atoms with E-state index in [1.807, 2.05) is 0 Å². The number of rotatable bonds is 42. The van der Waals surface area contributed by atoms with Crippen molar-refractivity contribution >= 4 is 11.9 Å². The van der Waals surface area contributed by atoms with Crippen LogP contribution in [0.5, 0.6) is 0 Å². The molecule has 1 atom stereocenters. The Morgan fingerprint density at radius 2 is 0.796 bits per heavy atom. The van der Waals surface area contributed by atoms with Gasteiger partial charge in [-0.15, -0.1) is 0 Å². The highest BCUT2D eigenvalue weighted by atomic mass is 16.6. The average Bonchev–Trinajstić information content (AvgIpc) is 3.17. The number of ether oxygens (including phenoxy) is 2. The Morgan fingerprint density at radius 1 is 0.444 bits per heavy atom. The van der Waals surface area contributed by atoms with Crippen LogP contribution in [0.2, 0.25) is 0 Å². The smallest absolute Gasteiger partial charge is 0.306 e. The number of hydrogen-bond acceptors (Lipinski definition) is 5. The predicted octanol–water partition coefficient (Wildman–Crippen LogP) is 15.0. The third kappa shape index (κ3) is 42.6. The zero-order valence-corrected chi connectivity index (χ0v) is 35.7. The van der Waals surface area contributed by atoms with Crippen LogP contribution >= 0.6 is 0 Å². The number of aliphatic hydroxyl groups excluding tert-OH is 1. The molecule has 0 aliphatic carbocycles. The van der Waals surface area contributed by atoms with Crippen molar-refractivity contribution in [3.05, 3.63) is 48.6 Å². The van der Waals surface area contributed by atoms with Crippen molar-refractivity contribution in [3.8, 4) is 0 Å². The van der Waals surface area contributed by atoms with Crippen molar-refractivity contribution in [2.75, 3.05) is 13.2 Å². The molecule has 0 spiro atoms. The first-order valence-corrected chi connectivity index (χ1v) is 23.2. The second-order valence-corrected chi connectivity index (χ2v) is 15.5. The molecule has 0 aromatic rings. The van der Waals surface area contributed by atoms with Crippen molar-refractivity contribution in [1.82, 2.24) is 0 Å². The molecule has 0 aromatic carbocycles. The van der Waals surface area contributed by atoms with Crippen molar-refractivity contribution < 1.29 is 24.2 Å². The number of esters is 2. The molecule has 0 aromatic heterocycles. The van der Waals surface area contributed by atoms with Crippen LogP contribution in [0, 0.1) is 0 Å². The maximum Gasteiger partial charge on any atom is 0.306 e. The number of allylic oxidation sites excluding steroid dienone is 8. The summed E-state index contributed by atoms with van der Waals surface area (Å²) >= 11 is 0. The zero-order chi connectivity index (χ0) is 39.3. The molecule has 0 aliphatic rings. The van der Waals surface area contributed by atoms with Crippen LogP contribution in [-0.2, 0) is 19.1 Å². The molecular formula is C49H88O5. The summed E-state index contributed by atoms with van der Waals surface area (Å²) in [5.74, 6) is -0.585. The van der Waals surface area contributed by atoms with Crippen molar-refractivity contribution in [2.24, 2.45) is 0 Å². The van der Waals surface area contributed by atoms with E-state index in [-0.39, 0.29) is 25.2 Å². The summed E-state index contributed by atoms with van der Waals surface area (Å²) in [4.78, 5) is 24.4. The van der Waals surface area contributed by atoms with E-state index in [1.165, 1.54) is 141 Å². The summed E-state index contributed by atoms with van der Waals surface area (Å²) in [5.41, 5.74) is 0. The van der Waals surface area contributed by atoms with Gasteiger partial charge in [-0.3, -0.25) is 9.59 Å². The van der Waals surface area contributed by atoms with E-state index < -0.39 is 6.10 Å². The summed E-state index contributed by atoms with van der Waals surface area (Å²) in [7, 11) is 0. The quantitative estimate of drug-likeness (QED) is 0.0381. The number of aliphatic hydroxyl groups is 1. The standard InChI is InChI=1S/C49H88O5/c1-3-5-7-9-11-13-15-17-19-20-21-22-23-24-25-26-27-28-30-32-34-36-38-40-42-44-49(52)54-47(45-50)46-53-48(51)43-41-39-37-35-33-31-29-18-16-14-12-10-8-6-4-2/h5,7,11,13,17,19,21-22,47,50H,3-4,6,8-10,12,14-16,18,20,23-46H2,1-2H3/b7-5-,13-11-,19-17-,22-21-. The topological polar surface area (TPSA) is 72.8 Å². The summed E-state index contributed by atoms with van der Waals surface area (Å²) in [6, 6.07) is 0. The molecule has 0 bridgehead atoms. The normalized spacial score (nSPS) is 12.6. The highest BCUT2D eigenvalue weighted by molar-refractivity contribution is 5.70. The molecule has 0 radical (unpaired) electrons. The molecule has 1 N–H and O–H groups in total. The van der Waals surface area contributed by atoms with Crippen LogP contribution in [0.1, 0.15) is 232 Å². The minimum absolute atomic E-state index is 0.0636. The molecule has 0 aliphatic heterocycles. The molecule has 54 heavy (non-hydrogen) atoms. The fraction of sp³-hybridized carbons (Fsp3) is 0.796.